The first-order valence-corrected chi connectivity index (χ1v) is 5.85. The molecule has 2 N–H and O–H groups in total. The highest BCUT2D eigenvalue weighted by Crippen LogP contribution is 2.05. The highest BCUT2D eigenvalue weighted by Gasteiger charge is 2.07. The summed E-state index contributed by atoms with van der Waals surface area (Å²) in [6.45, 7) is 8.18. The van der Waals surface area contributed by atoms with Crippen molar-refractivity contribution in [1.82, 2.24) is 20.1 Å². The molecule has 92 valence electrons. The molecule has 1 aromatic rings. The molecule has 1 rings (SSSR count). The van der Waals surface area contributed by atoms with Crippen LogP contribution in [0, 0.1) is 5.92 Å². The molecule has 1 heterocycles. The lowest BCUT2D eigenvalue weighted by molar-refractivity contribution is 0.259. The summed E-state index contributed by atoms with van der Waals surface area (Å²) in [5, 5.41) is 16.3. The van der Waals surface area contributed by atoms with Crippen molar-refractivity contribution in [2.45, 2.75) is 39.8 Å². The predicted molar refractivity (Wildman–Crippen MR) is 63.0 cm³/mol. The molecule has 0 saturated heterocycles. The predicted octanol–water partition coefficient (Wildman–Crippen LogP) is 0.967. The maximum absolute atomic E-state index is 8.78. The lowest BCUT2D eigenvalue weighted by Crippen LogP contribution is -2.24. The Balaban J connectivity index is 2.34. The van der Waals surface area contributed by atoms with Gasteiger partial charge in [-0.1, -0.05) is 6.92 Å². The molecule has 0 aliphatic carbocycles. The number of rotatable bonds is 7. The summed E-state index contributed by atoms with van der Waals surface area (Å²) in [5.41, 5.74) is 0. The SMILES string of the molecule is CC(CCO)CNCc1ncnn1C(C)C. The Bertz CT molecular complexity index is 298. The number of aliphatic hydroxyl groups is 1. The third-order valence-corrected chi connectivity index (χ3v) is 2.53. The van der Waals surface area contributed by atoms with E-state index in [-0.39, 0.29) is 6.61 Å². The van der Waals surface area contributed by atoms with Gasteiger partial charge in [0.25, 0.3) is 0 Å². The number of hydrogen-bond donors (Lipinski definition) is 2. The lowest BCUT2D eigenvalue weighted by Gasteiger charge is -2.12. The molecule has 5 heteroatoms. The number of aromatic nitrogens is 3. The zero-order valence-electron chi connectivity index (χ0n) is 10.3. The van der Waals surface area contributed by atoms with E-state index in [4.69, 9.17) is 5.11 Å². The van der Waals surface area contributed by atoms with Crippen molar-refractivity contribution in [3.63, 3.8) is 0 Å². The third kappa shape index (κ3) is 3.90. The second-order valence-corrected chi connectivity index (χ2v) is 4.46. The van der Waals surface area contributed by atoms with E-state index < -0.39 is 0 Å². The molecule has 0 spiro atoms. The van der Waals surface area contributed by atoms with E-state index in [0.717, 1.165) is 25.3 Å². The fourth-order valence-corrected chi connectivity index (χ4v) is 1.58. The van der Waals surface area contributed by atoms with Gasteiger partial charge in [-0.3, -0.25) is 0 Å². The van der Waals surface area contributed by atoms with Crippen LogP contribution in [0.4, 0.5) is 0 Å². The molecule has 1 unspecified atom stereocenters. The van der Waals surface area contributed by atoms with Crippen LogP contribution in [0.2, 0.25) is 0 Å². The Kier molecular flexibility index (Phi) is 5.42. The van der Waals surface area contributed by atoms with Crippen LogP contribution in [0.1, 0.15) is 39.1 Å². The van der Waals surface area contributed by atoms with Crippen molar-refractivity contribution in [2.24, 2.45) is 5.92 Å². The molecule has 0 fully saturated rings. The van der Waals surface area contributed by atoms with Crippen molar-refractivity contribution in [3.05, 3.63) is 12.2 Å². The van der Waals surface area contributed by atoms with Crippen LogP contribution in [0.25, 0.3) is 0 Å². The maximum atomic E-state index is 8.78. The van der Waals surface area contributed by atoms with E-state index >= 15 is 0 Å². The van der Waals surface area contributed by atoms with Crippen molar-refractivity contribution in [2.75, 3.05) is 13.2 Å². The first-order valence-electron chi connectivity index (χ1n) is 5.85. The Labute approximate surface area is 96.9 Å². The van der Waals surface area contributed by atoms with Gasteiger partial charge in [-0.25, -0.2) is 9.67 Å². The number of nitrogens with one attached hydrogen (secondary N) is 1. The molecular weight excluding hydrogens is 204 g/mol. The minimum Gasteiger partial charge on any atom is -0.396 e. The van der Waals surface area contributed by atoms with E-state index in [1.807, 2.05) is 4.68 Å². The van der Waals surface area contributed by atoms with Crippen LogP contribution >= 0.6 is 0 Å². The highest BCUT2D eigenvalue weighted by molar-refractivity contribution is 4.85. The molecule has 0 amide bonds. The standard InChI is InChI=1S/C11H22N4O/c1-9(2)15-11(13-8-14-15)7-12-6-10(3)4-5-16/h8-10,12,16H,4-7H2,1-3H3. The smallest absolute Gasteiger partial charge is 0.141 e. The van der Waals surface area contributed by atoms with E-state index in [0.29, 0.717) is 12.0 Å². The van der Waals surface area contributed by atoms with Gasteiger partial charge in [0.05, 0.1) is 6.54 Å². The van der Waals surface area contributed by atoms with Gasteiger partial charge in [0.2, 0.25) is 0 Å². The van der Waals surface area contributed by atoms with Crippen LogP contribution in [0.3, 0.4) is 0 Å². The normalized spacial score (nSPS) is 13.3. The van der Waals surface area contributed by atoms with Gasteiger partial charge < -0.3 is 10.4 Å². The first-order chi connectivity index (χ1) is 7.65. The first kappa shape index (κ1) is 13.1. The monoisotopic (exact) mass is 226 g/mol. The summed E-state index contributed by atoms with van der Waals surface area (Å²) in [6.07, 6.45) is 2.43. The zero-order chi connectivity index (χ0) is 12.0. The summed E-state index contributed by atoms with van der Waals surface area (Å²) in [4.78, 5) is 4.22. The molecule has 16 heavy (non-hydrogen) atoms. The molecular formula is C11H22N4O. The second kappa shape index (κ2) is 6.60. The number of nitrogens with zero attached hydrogens (tertiary/aromatic N) is 3. The average Bonchev–Trinajstić information content (AvgIpc) is 2.66. The summed E-state index contributed by atoms with van der Waals surface area (Å²) in [5.74, 6) is 1.45. The van der Waals surface area contributed by atoms with Crippen molar-refractivity contribution >= 4 is 0 Å². The molecule has 0 aliphatic heterocycles. The van der Waals surface area contributed by atoms with Crippen LogP contribution in [-0.2, 0) is 6.54 Å². The summed E-state index contributed by atoms with van der Waals surface area (Å²) in [7, 11) is 0. The zero-order valence-corrected chi connectivity index (χ0v) is 10.3. The molecule has 0 bridgehead atoms. The summed E-state index contributed by atoms with van der Waals surface area (Å²) in [6, 6.07) is 0.342. The fourth-order valence-electron chi connectivity index (χ4n) is 1.58. The molecule has 1 aromatic heterocycles. The Morgan fingerprint density at radius 2 is 2.19 bits per heavy atom. The van der Waals surface area contributed by atoms with Gasteiger partial charge in [-0.05, 0) is 32.7 Å². The van der Waals surface area contributed by atoms with Crippen molar-refractivity contribution < 1.29 is 5.11 Å². The molecule has 0 aromatic carbocycles. The van der Waals surface area contributed by atoms with Gasteiger partial charge in [-0.15, -0.1) is 0 Å². The van der Waals surface area contributed by atoms with Gasteiger partial charge in [0, 0.05) is 12.6 Å². The van der Waals surface area contributed by atoms with E-state index in [1.165, 1.54) is 0 Å². The van der Waals surface area contributed by atoms with Gasteiger partial charge in [-0.2, -0.15) is 5.10 Å². The number of aliphatic hydroxyl groups excluding tert-OH is 1. The van der Waals surface area contributed by atoms with Crippen molar-refractivity contribution in [3.8, 4) is 0 Å². The highest BCUT2D eigenvalue weighted by atomic mass is 16.3. The van der Waals surface area contributed by atoms with E-state index in [1.54, 1.807) is 6.33 Å². The van der Waals surface area contributed by atoms with Gasteiger partial charge in [0.1, 0.15) is 12.2 Å². The summed E-state index contributed by atoms with van der Waals surface area (Å²) < 4.78 is 1.92. The van der Waals surface area contributed by atoms with Crippen LogP contribution < -0.4 is 5.32 Å². The van der Waals surface area contributed by atoms with Crippen LogP contribution in [0.15, 0.2) is 6.33 Å². The molecule has 0 radical (unpaired) electrons. The van der Waals surface area contributed by atoms with E-state index in [9.17, 15) is 0 Å². The molecule has 0 aliphatic rings. The minimum absolute atomic E-state index is 0.255. The maximum Gasteiger partial charge on any atom is 0.141 e. The summed E-state index contributed by atoms with van der Waals surface area (Å²) >= 11 is 0. The quantitative estimate of drug-likeness (QED) is 0.727. The topological polar surface area (TPSA) is 63.0 Å². The largest absolute Gasteiger partial charge is 0.396 e. The average molecular weight is 226 g/mol. The molecule has 1 atom stereocenters. The van der Waals surface area contributed by atoms with Crippen LogP contribution in [-0.4, -0.2) is 33.0 Å². The lowest BCUT2D eigenvalue weighted by atomic mass is 10.1. The van der Waals surface area contributed by atoms with Gasteiger partial charge in [0.15, 0.2) is 0 Å². The van der Waals surface area contributed by atoms with E-state index in [2.05, 4.69) is 36.2 Å². The van der Waals surface area contributed by atoms with Gasteiger partial charge >= 0.3 is 0 Å². The Morgan fingerprint density at radius 1 is 1.44 bits per heavy atom. The minimum atomic E-state index is 0.255. The number of hydrogen-bond acceptors (Lipinski definition) is 4. The van der Waals surface area contributed by atoms with Crippen molar-refractivity contribution in [1.29, 1.82) is 0 Å². The fraction of sp³-hybridized carbons (Fsp3) is 0.818. The molecule has 5 nitrogen and oxygen atoms in total. The van der Waals surface area contributed by atoms with Crippen LogP contribution in [0.5, 0.6) is 0 Å². The second-order valence-electron chi connectivity index (χ2n) is 4.46. The third-order valence-electron chi connectivity index (χ3n) is 2.53. The Morgan fingerprint density at radius 3 is 2.81 bits per heavy atom. The molecule has 0 saturated carbocycles. The Hall–Kier alpha value is -0.940.